The molecule has 0 radical (unpaired) electrons. The standard InChI is InChI=1S/C23H20N2O4/c1-3-11-28-19-9-8-17(15-5-4-10-24-22(15)19)25-23(27)21-13-18(26)16-7-6-14(2)12-20(16)29-21/h4-10,12-13H,3,11H2,1-2H3,(H,25,27). The summed E-state index contributed by atoms with van der Waals surface area (Å²) in [5.41, 5.74) is 2.30. The number of fused-ring (bicyclic) bond motifs is 2. The number of carbonyl (C=O) groups is 1. The number of anilines is 1. The lowest BCUT2D eigenvalue weighted by Crippen LogP contribution is -2.15. The van der Waals surface area contributed by atoms with Crippen molar-refractivity contribution in [3.05, 3.63) is 76.3 Å². The molecule has 4 aromatic rings. The maximum absolute atomic E-state index is 12.8. The number of hydrogen-bond acceptors (Lipinski definition) is 5. The van der Waals surface area contributed by atoms with E-state index in [1.807, 2.05) is 26.0 Å². The molecule has 0 fully saturated rings. The molecule has 0 saturated heterocycles. The lowest BCUT2D eigenvalue weighted by atomic mass is 10.1. The molecule has 6 heteroatoms. The Morgan fingerprint density at radius 3 is 2.83 bits per heavy atom. The Bertz CT molecular complexity index is 1280. The van der Waals surface area contributed by atoms with Gasteiger partial charge in [-0.1, -0.05) is 13.0 Å². The van der Waals surface area contributed by atoms with Gasteiger partial charge in [-0.3, -0.25) is 14.6 Å². The molecule has 0 saturated carbocycles. The SMILES string of the molecule is CCCOc1ccc(NC(=O)c2cc(=O)c3ccc(C)cc3o2)c2cccnc12. The Morgan fingerprint density at radius 2 is 2.00 bits per heavy atom. The van der Waals surface area contributed by atoms with Gasteiger partial charge in [-0.25, -0.2) is 0 Å². The van der Waals surface area contributed by atoms with Crippen molar-refractivity contribution in [2.24, 2.45) is 0 Å². The molecule has 2 aromatic carbocycles. The van der Waals surface area contributed by atoms with E-state index in [0.717, 1.165) is 17.4 Å². The summed E-state index contributed by atoms with van der Waals surface area (Å²) in [6, 6.07) is 13.7. The number of aryl methyl sites for hydroxylation is 1. The third kappa shape index (κ3) is 3.69. The van der Waals surface area contributed by atoms with Gasteiger partial charge in [0.25, 0.3) is 5.91 Å². The summed E-state index contributed by atoms with van der Waals surface area (Å²) in [4.78, 5) is 29.5. The van der Waals surface area contributed by atoms with Crippen LogP contribution in [0.1, 0.15) is 29.5 Å². The van der Waals surface area contributed by atoms with Crippen molar-refractivity contribution in [3.8, 4) is 5.75 Å². The summed E-state index contributed by atoms with van der Waals surface area (Å²) in [5.74, 6) is 0.113. The molecule has 1 N–H and O–H groups in total. The summed E-state index contributed by atoms with van der Waals surface area (Å²) in [6.45, 7) is 4.51. The van der Waals surface area contributed by atoms with Crippen LogP contribution in [0, 0.1) is 6.92 Å². The van der Waals surface area contributed by atoms with Gasteiger partial charge < -0.3 is 14.5 Å². The number of nitrogens with one attached hydrogen (secondary N) is 1. The van der Waals surface area contributed by atoms with Gasteiger partial charge in [0, 0.05) is 17.6 Å². The van der Waals surface area contributed by atoms with Crippen LogP contribution in [-0.4, -0.2) is 17.5 Å². The smallest absolute Gasteiger partial charge is 0.291 e. The molecule has 2 aromatic heterocycles. The molecule has 1 amide bonds. The van der Waals surface area contributed by atoms with E-state index < -0.39 is 5.91 Å². The zero-order valence-electron chi connectivity index (χ0n) is 16.2. The maximum atomic E-state index is 12.8. The van der Waals surface area contributed by atoms with Crippen molar-refractivity contribution >= 4 is 33.5 Å². The van der Waals surface area contributed by atoms with Gasteiger partial charge in [0.15, 0.2) is 11.2 Å². The first kappa shape index (κ1) is 18.7. The minimum atomic E-state index is -0.502. The van der Waals surface area contributed by atoms with Crippen molar-refractivity contribution in [1.82, 2.24) is 4.98 Å². The van der Waals surface area contributed by atoms with Crippen LogP contribution in [0.5, 0.6) is 5.75 Å². The van der Waals surface area contributed by atoms with E-state index >= 15 is 0 Å². The molecule has 4 rings (SSSR count). The Hall–Kier alpha value is -3.67. The zero-order chi connectivity index (χ0) is 20.4. The lowest BCUT2D eigenvalue weighted by Gasteiger charge is -2.12. The van der Waals surface area contributed by atoms with E-state index in [4.69, 9.17) is 9.15 Å². The van der Waals surface area contributed by atoms with Crippen molar-refractivity contribution in [2.75, 3.05) is 11.9 Å². The summed E-state index contributed by atoms with van der Waals surface area (Å²) in [6.07, 6.45) is 2.56. The first-order valence-corrected chi connectivity index (χ1v) is 9.43. The zero-order valence-corrected chi connectivity index (χ0v) is 16.2. The molecule has 0 unspecified atom stereocenters. The minimum absolute atomic E-state index is 0.0450. The van der Waals surface area contributed by atoms with Crippen LogP contribution in [0.25, 0.3) is 21.9 Å². The molecule has 0 aliphatic rings. The fraction of sp³-hybridized carbons (Fsp3) is 0.174. The highest BCUT2D eigenvalue weighted by atomic mass is 16.5. The summed E-state index contributed by atoms with van der Waals surface area (Å²) in [5, 5.41) is 4.01. The number of amides is 1. The number of pyridine rings is 1. The molecule has 0 aliphatic heterocycles. The average Bonchev–Trinajstić information content (AvgIpc) is 2.72. The van der Waals surface area contributed by atoms with Crippen molar-refractivity contribution in [2.45, 2.75) is 20.3 Å². The third-order valence-corrected chi connectivity index (χ3v) is 4.55. The Balaban J connectivity index is 1.71. The Morgan fingerprint density at radius 1 is 1.14 bits per heavy atom. The minimum Gasteiger partial charge on any atom is -0.491 e. The largest absolute Gasteiger partial charge is 0.491 e. The van der Waals surface area contributed by atoms with Crippen LogP contribution in [0.3, 0.4) is 0 Å². The van der Waals surface area contributed by atoms with Crippen molar-refractivity contribution < 1.29 is 13.9 Å². The first-order valence-electron chi connectivity index (χ1n) is 9.43. The molecule has 0 aliphatic carbocycles. The van der Waals surface area contributed by atoms with E-state index in [1.165, 1.54) is 6.07 Å². The number of hydrogen-bond donors (Lipinski definition) is 1. The van der Waals surface area contributed by atoms with E-state index in [-0.39, 0.29) is 11.2 Å². The van der Waals surface area contributed by atoms with Gasteiger partial charge in [-0.2, -0.15) is 0 Å². The Labute approximate surface area is 167 Å². The van der Waals surface area contributed by atoms with Crippen LogP contribution >= 0.6 is 0 Å². The fourth-order valence-corrected chi connectivity index (χ4v) is 3.14. The van der Waals surface area contributed by atoms with Crippen LogP contribution in [0.4, 0.5) is 5.69 Å². The van der Waals surface area contributed by atoms with Gasteiger partial charge >= 0.3 is 0 Å². The summed E-state index contributed by atoms with van der Waals surface area (Å²) >= 11 is 0. The second-order valence-electron chi connectivity index (χ2n) is 6.79. The molecule has 29 heavy (non-hydrogen) atoms. The van der Waals surface area contributed by atoms with Crippen molar-refractivity contribution in [1.29, 1.82) is 0 Å². The van der Waals surface area contributed by atoms with Gasteiger partial charge in [0.1, 0.15) is 16.8 Å². The number of carbonyl (C=O) groups excluding carboxylic acids is 1. The number of benzene rings is 2. The molecule has 2 heterocycles. The predicted molar refractivity (Wildman–Crippen MR) is 113 cm³/mol. The molecule has 0 bridgehead atoms. The second-order valence-corrected chi connectivity index (χ2v) is 6.79. The number of rotatable bonds is 5. The highest BCUT2D eigenvalue weighted by Gasteiger charge is 2.15. The molecular weight excluding hydrogens is 368 g/mol. The Kier molecular flexibility index (Phi) is 4.99. The summed E-state index contributed by atoms with van der Waals surface area (Å²) in [7, 11) is 0. The monoisotopic (exact) mass is 388 g/mol. The summed E-state index contributed by atoms with van der Waals surface area (Å²) < 4.78 is 11.4. The van der Waals surface area contributed by atoms with E-state index in [9.17, 15) is 9.59 Å². The van der Waals surface area contributed by atoms with Crippen molar-refractivity contribution in [3.63, 3.8) is 0 Å². The average molecular weight is 388 g/mol. The van der Waals surface area contributed by atoms with Gasteiger partial charge in [-0.05, 0) is 55.3 Å². The van der Waals surface area contributed by atoms with Gasteiger partial charge in [0.2, 0.25) is 0 Å². The molecule has 0 spiro atoms. The van der Waals surface area contributed by atoms with Crippen LogP contribution < -0.4 is 15.5 Å². The van der Waals surface area contributed by atoms with Crippen LogP contribution in [-0.2, 0) is 0 Å². The quantitative estimate of drug-likeness (QED) is 0.536. The van der Waals surface area contributed by atoms with Gasteiger partial charge in [0.05, 0.1) is 17.7 Å². The third-order valence-electron chi connectivity index (χ3n) is 4.55. The lowest BCUT2D eigenvalue weighted by molar-refractivity contribution is 0.0997. The first-order chi connectivity index (χ1) is 14.1. The van der Waals surface area contributed by atoms with Crippen LogP contribution in [0.15, 0.2) is 63.9 Å². The number of aromatic nitrogens is 1. The highest BCUT2D eigenvalue weighted by molar-refractivity contribution is 6.08. The molecule has 0 atom stereocenters. The number of nitrogens with zero attached hydrogens (tertiary/aromatic N) is 1. The van der Waals surface area contributed by atoms with E-state index in [2.05, 4.69) is 10.3 Å². The molecular formula is C23H20N2O4. The predicted octanol–water partition coefficient (Wildman–Crippen LogP) is 4.69. The molecule has 6 nitrogen and oxygen atoms in total. The van der Waals surface area contributed by atoms with E-state index in [0.29, 0.717) is 34.5 Å². The van der Waals surface area contributed by atoms with Crippen LogP contribution in [0.2, 0.25) is 0 Å². The fourth-order valence-electron chi connectivity index (χ4n) is 3.14. The second kappa shape index (κ2) is 7.75. The topological polar surface area (TPSA) is 81.4 Å². The highest BCUT2D eigenvalue weighted by Crippen LogP contribution is 2.30. The van der Waals surface area contributed by atoms with E-state index in [1.54, 1.807) is 36.5 Å². The van der Waals surface area contributed by atoms with Gasteiger partial charge in [-0.15, -0.1) is 0 Å². The maximum Gasteiger partial charge on any atom is 0.291 e. The normalized spacial score (nSPS) is 11.0. The number of ether oxygens (including phenoxy) is 1. The molecule has 146 valence electrons.